The maximum Gasteiger partial charge on any atom is 0.0693 e. The van der Waals surface area contributed by atoms with E-state index < -0.39 is 5.54 Å². The predicted octanol–water partition coefficient (Wildman–Crippen LogP) is 0.939. The Morgan fingerprint density at radius 3 is 3.31 bits per heavy atom. The van der Waals surface area contributed by atoms with Gasteiger partial charge in [-0.2, -0.15) is 0 Å². The second-order valence-electron chi connectivity index (χ2n) is 3.89. The van der Waals surface area contributed by atoms with Gasteiger partial charge in [-0.3, -0.25) is 4.99 Å². The Hall–Kier alpha value is -1.09. The Balaban J connectivity index is 2.34. The molecule has 0 bridgehead atoms. The van der Waals surface area contributed by atoms with E-state index in [-0.39, 0.29) is 0 Å². The number of hydrogen-bond donors (Lipinski definition) is 2. The number of hydrogen-bond acceptors (Lipinski definition) is 3. The van der Waals surface area contributed by atoms with Gasteiger partial charge in [0, 0.05) is 24.7 Å². The van der Waals surface area contributed by atoms with Crippen LogP contribution in [-0.2, 0) is 0 Å². The maximum absolute atomic E-state index is 5.99. The minimum absolute atomic E-state index is 0.419. The predicted molar refractivity (Wildman–Crippen MR) is 54.5 cm³/mol. The molecule has 0 aromatic heterocycles. The summed E-state index contributed by atoms with van der Waals surface area (Å²) >= 11 is 0. The smallest absolute Gasteiger partial charge is 0.0693 e. The average molecular weight is 177 g/mol. The van der Waals surface area contributed by atoms with E-state index >= 15 is 0 Å². The summed E-state index contributed by atoms with van der Waals surface area (Å²) < 4.78 is 0. The third-order valence-corrected chi connectivity index (χ3v) is 2.32. The largest absolute Gasteiger partial charge is 0.385 e. The summed E-state index contributed by atoms with van der Waals surface area (Å²) in [6, 6.07) is 0. The van der Waals surface area contributed by atoms with Crippen LogP contribution in [0, 0.1) is 0 Å². The number of nitrogens with zero attached hydrogens (tertiary/aromatic N) is 1. The van der Waals surface area contributed by atoms with Gasteiger partial charge in [0.25, 0.3) is 0 Å². The van der Waals surface area contributed by atoms with Crippen LogP contribution in [0.3, 0.4) is 0 Å². The fourth-order valence-electron chi connectivity index (χ4n) is 1.66. The van der Waals surface area contributed by atoms with Crippen LogP contribution in [0.25, 0.3) is 0 Å². The lowest BCUT2D eigenvalue weighted by Gasteiger charge is -2.22. The van der Waals surface area contributed by atoms with E-state index in [1.807, 2.05) is 13.1 Å². The van der Waals surface area contributed by atoms with Crippen LogP contribution in [-0.4, -0.2) is 18.3 Å². The van der Waals surface area contributed by atoms with Gasteiger partial charge >= 0.3 is 0 Å². The van der Waals surface area contributed by atoms with Crippen LogP contribution in [0.2, 0.25) is 0 Å². The molecule has 2 aliphatic rings. The zero-order valence-corrected chi connectivity index (χ0v) is 7.88. The molecule has 0 aromatic rings. The third-order valence-electron chi connectivity index (χ3n) is 2.32. The SMILES string of the molecule is CC1(N)C=NC=C2CCCNC2=C1. The van der Waals surface area contributed by atoms with Crippen LogP contribution >= 0.6 is 0 Å². The molecule has 3 N–H and O–H groups in total. The summed E-state index contributed by atoms with van der Waals surface area (Å²) in [5, 5.41) is 3.35. The number of rotatable bonds is 0. The van der Waals surface area contributed by atoms with Crippen molar-refractivity contribution in [2.24, 2.45) is 10.7 Å². The lowest BCUT2D eigenvalue weighted by atomic mass is 9.98. The van der Waals surface area contributed by atoms with E-state index in [1.165, 1.54) is 12.0 Å². The molecule has 3 nitrogen and oxygen atoms in total. The quantitative estimate of drug-likeness (QED) is 0.578. The van der Waals surface area contributed by atoms with E-state index in [4.69, 9.17) is 5.73 Å². The van der Waals surface area contributed by atoms with Crippen LogP contribution < -0.4 is 11.1 Å². The van der Waals surface area contributed by atoms with Crippen molar-refractivity contribution in [1.82, 2.24) is 5.32 Å². The van der Waals surface area contributed by atoms with Gasteiger partial charge in [-0.25, -0.2) is 0 Å². The molecule has 1 unspecified atom stereocenters. The molecule has 0 amide bonds. The monoisotopic (exact) mass is 177 g/mol. The van der Waals surface area contributed by atoms with Crippen LogP contribution in [0.15, 0.2) is 28.5 Å². The number of aliphatic imine (C=N–C) groups is 1. The average Bonchev–Trinajstić information content (AvgIpc) is 2.21. The molecule has 0 saturated carbocycles. The minimum Gasteiger partial charge on any atom is -0.385 e. The van der Waals surface area contributed by atoms with Gasteiger partial charge < -0.3 is 11.1 Å². The first-order valence-corrected chi connectivity index (χ1v) is 4.67. The lowest BCUT2D eigenvalue weighted by molar-refractivity contribution is 0.656. The van der Waals surface area contributed by atoms with E-state index in [2.05, 4.69) is 16.4 Å². The van der Waals surface area contributed by atoms with Gasteiger partial charge in [-0.05, 0) is 31.4 Å². The fourth-order valence-corrected chi connectivity index (χ4v) is 1.66. The van der Waals surface area contributed by atoms with Crippen LogP contribution in [0.5, 0.6) is 0 Å². The molecule has 0 aliphatic carbocycles. The highest BCUT2D eigenvalue weighted by molar-refractivity contribution is 5.74. The van der Waals surface area contributed by atoms with Gasteiger partial charge in [-0.1, -0.05) is 0 Å². The molecule has 0 aromatic carbocycles. The molecule has 0 radical (unpaired) electrons. The minimum atomic E-state index is -0.419. The van der Waals surface area contributed by atoms with Crippen molar-refractivity contribution < 1.29 is 0 Å². The van der Waals surface area contributed by atoms with Crippen molar-refractivity contribution in [3.8, 4) is 0 Å². The number of nitrogens with one attached hydrogen (secondary N) is 1. The topological polar surface area (TPSA) is 50.4 Å². The summed E-state index contributed by atoms with van der Waals surface area (Å²) in [7, 11) is 0. The molecular weight excluding hydrogens is 162 g/mol. The van der Waals surface area contributed by atoms with Gasteiger partial charge in [0.2, 0.25) is 0 Å². The van der Waals surface area contributed by atoms with Crippen molar-refractivity contribution in [3.05, 3.63) is 23.5 Å². The van der Waals surface area contributed by atoms with Crippen molar-refractivity contribution in [2.45, 2.75) is 25.3 Å². The van der Waals surface area contributed by atoms with Gasteiger partial charge in [-0.15, -0.1) is 0 Å². The molecule has 0 spiro atoms. The highest BCUT2D eigenvalue weighted by Crippen LogP contribution is 2.22. The lowest BCUT2D eigenvalue weighted by Crippen LogP contribution is -2.37. The maximum atomic E-state index is 5.99. The normalized spacial score (nSPS) is 32.5. The second kappa shape index (κ2) is 3.00. The summed E-state index contributed by atoms with van der Waals surface area (Å²) in [5.41, 5.74) is 8.00. The molecular formula is C10H15N3. The molecule has 2 heterocycles. The van der Waals surface area contributed by atoms with Crippen molar-refractivity contribution in [2.75, 3.05) is 6.54 Å². The number of nitrogens with two attached hydrogens (primary N) is 1. The zero-order chi connectivity index (χ0) is 9.31. The molecule has 3 heteroatoms. The standard InChI is InChI=1S/C10H15N3/c1-10(11)5-9-8(6-12-7-10)3-2-4-13-9/h5-7,13H,2-4,11H2,1H3. The highest BCUT2D eigenvalue weighted by Gasteiger charge is 2.19. The summed E-state index contributed by atoms with van der Waals surface area (Å²) in [6.07, 6.45) is 8.03. The van der Waals surface area contributed by atoms with Crippen LogP contribution in [0.1, 0.15) is 19.8 Å². The first kappa shape index (κ1) is 8.51. The Bertz CT molecular complexity index is 297. The Kier molecular flexibility index (Phi) is 1.96. The molecule has 70 valence electrons. The number of fused-ring (bicyclic) bond motifs is 1. The zero-order valence-electron chi connectivity index (χ0n) is 7.88. The third kappa shape index (κ3) is 1.80. The molecule has 1 fully saturated rings. The Morgan fingerprint density at radius 2 is 2.46 bits per heavy atom. The molecule has 1 saturated heterocycles. The van der Waals surface area contributed by atoms with Gasteiger partial charge in [0.15, 0.2) is 0 Å². The van der Waals surface area contributed by atoms with Crippen molar-refractivity contribution in [3.63, 3.8) is 0 Å². The molecule has 2 rings (SSSR count). The van der Waals surface area contributed by atoms with E-state index in [9.17, 15) is 0 Å². The number of piperidine rings is 1. The second-order valence-corrected chi connectivity index (χ2v) is 3.89. The van der Waals surface area contributed by atoms with E-state index in [0.29, 0.717) is 0 Å². The first-order chi connectivity index (χ1) is 6.17. The van der Waals surface area contributed by atoms with Crippen molar-refractivity contribution >= 4 is 6.21 Å². The molecule has 13 heavy (non-hydrogen) atoms. The Morgan fingerprint density at radius 1 is 1.62 bits per heavy atom. The summed E-state index contributed by atoms with van der Waals surface area (Å²) in [6.45, 7) is 3.00. The van der Waals surface area contributed by atoms with Gasteiger partial charge in [0.1, 0.15) is 0 Å². The fraction of sp³-hybridized carbons (Fsp3) is 0.500. The molecule has 2 aliphatic heterocycles. The van der Waals surface area contributed by atoms with E-state index in [1.54, 1.807) is 6.21 Å². The number of allylic oxidation sites excluding steroid dienone is 1. The van der Waals surface area contributed by atoms with Gasteiger partial charge in [0.05, 0.1) is 5.54 Å². The summed E-state index contributed by atoms with van der Waals surface area (Å²) in [5.74, 6) is 0. The summed E-state index contributed by atoms with van der Waals surface area (Å²) in [4.78, 5) is 4.20. The first-order valence-electron chi connectivity index (χ1n) is 4.67. The Labute approximate surface area is 78.4 Å². The van der Waals surface area contributed by atoms with Crippen molar-refractivity contribution in [1.29, 1.82) is 0 Å². The van der Waals surface area contributed by atoms with Crippen LogP contribution in [0.4, 0.5) is 0 Å². The van der Waals surface area contributed by atoms with E-state index in [0.717, 1.165) is 18.7 Å². The molecule has 1 atom stereocenters. The highest BCUT2D eigenvalue weighted by atomic mass is 14.9.